The van der Waals surface area contributed by atoms with E-state index in [9.17, 15) is 14.0 Å². The van der Waals surface area contributed by atoms with Crippen LogP contribution in [0.2, 0.25) is 0 Å². The number of ether oxygens (including phenoxy) is 2. The van der Waals surface area contributed by atoms with Gasteiger partial charge >= 0.3 is 0 Å². The first-order valence-electron chi connectivity index (χ1n) is 12.9. The Morgan fingerprint density at radius 3 is 2.53 bits per heavy atom. The van der Waals surface area contributed by atoms with Gasteiger partial charge in [0.05, 0.1) is 12.2 Å². The fraction of sp³-hybridized carbons (Fsp3) is 0.593. The van der Waals surface area contributed by atoms with Crippen molar-refractivity contribution in [3.05, 3.63) is 40.8 Å². The van der Waals surface area contributed by atoms with Gasteiger partial charge in [-0.05, 0) is 52.2 Å². The van der Waals surface area contributed by atoms with E-state index in [2.05, 4.69) is 4.99 Å². The second-order valence-corrected chi connectivity index (χ2v) is 10.0. The summed E-state index contributed by atoms with van der Waals surface area (Å²) in [5, 5.41) is 0. The predicted molar refractivity (Wildman–Crippen MR) is 135 cm³/mol. The van der Waals surface area contributed by atoms with E-state index in [1.807, 2.05) is 13.8 Å². The molecule has 1 aromatic rings. The summed E-state index contributed by atoms with van der Waals surface area (Å²) in [5.74, 6) is 0.0502. The van der Waals surface area contributed by atoms with Gasteiger partial charge in [-0.1, -0.05) is 6.07 Å². The summed E-state index contributed by atoms with van der Waals surface area (Å²) < 4.78 is 25.5. The Labute approximate surface area is 212 Å². The van der Waals surface area contributed by atoms with Gasteiger partial charge in [0.25, 0.3) is 5.91 Å². The van der Waals surface area contributed by atoms with E-state index in [0.29, 0.717) is 56.8 Å². The molecule has 0 spiro atoms. The number of carbonyl (C=O) groups is 2. The van der Waals surface area contributed by atoms with E-state index < -0.39 is 0 Å². The summed E-state index contributed by atoms with van der Waals surface area (Å²) in [5.41, 5.74) is 8.60. The maximum absolute atomic E-state index is 13.8. The van der Waals surface area contributed by atoms with Crippen LogP contribution in [0.4, 0.5) is 4.39 Å². The average molecular weight is 501 g/mol. The molecule has 36 heavy (non-hydrogen) atoms. The molecule has 2 amide bonds. The van der Waals surface area contributed by atoms with E-state index >= 15 is 0 Å². The largest absolute Gasteiger partial charge is 0.490 e. The molecule has 0 radical (unpaired) electrons. The quantitative estimate of drug-likeness (QED) is 0.627. The number of carbonyl (C=O) groups excluding carboxylic acids is 2. The molecule has 1 aromatic carbocycles. The number of likely N-dealkylation sites (tertiary alicyclic amines) is 1. The molecule has 8 nitrogen and oxygen atoms in total. The lowest BCUT2D eigenvalue weighted by Gasteiger charge is -2.35. The Bertz CT molecular complexity index is 1040. The lowest BCUT2D eigenvalue weighted by atomic mass is 10.1. The molecule has 2 atom stereocenters. The zero-order valence-corrected chi connectivity index (χ0v) is 21.5. The predicted octanol–water partition coefficient (Wildman–Crippen LogP) is 2.98. The Hall–Kier alpha value is -2.94. The Balaban J connectivity index is 1.32. The van der Waals surface area contributed by atoms with E-state index in [1.54, 1.807) is 28.9 Å². The molecule has 1 saturated carbocycles. The smallest absolute Gasteiger partial charge is 0.270 e. The first-order chi connectivity index (χ1) is 17.2. The lowest BCUT2D eigenvalue weighted by Crippen LogP contribution is -2.49. The van der Waals surface area contributed by atoms with Crippen LogP contribution in [0.15, 0.2) is 34.5 Å². The maximum Gasteiger partial charge on any atom is 0.270 e. The summed E-state index contributed by atoms with van der Waals surface area (Å²) >= 11 is 0. The Morgan fingerprint density at radius 1 is 1.14 bits per heavy atom. The molecule has 4 rings (SSSR count). The van der Waals surface area contributed by atoms with Gasteiger partial charge in [0.15, 0.2) is 0 Å². The van der Waals surface area contributed by atoms with E-state index in [4.69, 9.17) is 15.2 Å². The molecular weight excluding hydrogens is 463 g/mol. The van der Waals surface area contributed by atoms with Crippen LogP contribution in [0.3, 0.4) is 0 Å². The molecule has 1 aliphatic carbocycles. The second kappa shape index (κ2) is 11.4. The normalized spacial score (nSPS) is 25.8. The minimum Gasteiger partial charge on any atom is -0.490 e. The van der Waals surface area contributed by atoms with Crippen molar-refractivity contribution in [3.8, 4) is 5.75 Å². The molecule has 0 unspecified atom stereocenters. The van der Waals surface area contributed by atoms with Gasteiger partial charge in [-0.3, -0.25) is 14.6 Å². The summed E-state index contributed by atoms with van der Waals surface area (Å²) in [4.78, 5) is 34.0. The van der Waals surface area contributed by atoms with Crippen LogP contribution in [0.5, 0.6) is 5.75 Å². The highest BCUT2D eigenvalue weighted by Gasteiger charge is 2.30. The van der Waals surface area contributed by atoms with Crippen molar-refractivity contribution in [2.24, 2.45) is 10.7 Å². The second-order valence-electron chi connectivity index (χ2n) is 10.0. The van der Waals surface area contributed by atoms with Crippen LogP contribution >= 0.6 is 0 Å². The number of nitrogens with two attached hydrogens (primary N) is 1. The number of benzene rings is 1. The summed E-state index contributed by atoms with van der Waals surface area (Å²) in [6.07, 6.45) is 3.53. The van der Waals surface area contributed by atoms with E-state index in [0.717, 1.165) is 24.1 Å². The zero-order chi connectivity index (χ0) is 25.8. The van der Waals surface area contributed by atoms with Gasteiger partial charge in [-0.2, -0.15) is 0 Å². The van der Waals surface area contributed by atoms with Crippen LogP contribution in [0, 0.1) is 12.7 Å². The standard InChI is InChI=1S/C27H37FN4O4/c1-17-15-32(16-18(2)35-17)27(34)26(29)21-6-4-8-23(21)30-14-25(33)31-12-10-20(11-13-31)36-24-9-5-7-22(28)19(24)3/h5,7,9,17-18,20H,4,6,8,10-16,29H2,1-3H3/t17-,18+. The minimum absolute atomic E-state index is 0.0303. The highest BCUT2D eigenvalue weighted by atomic mass is 19.1. The van der Waals surface area contributed by atoms with Gasteiger partial charge in [0.1, 0.15) is 29.9 Å². The number of morpholine rings is 1. The molecule has 2 saturated heterocycles. The average Bonchev–Trinajstić information content (AvgIpc) is 3.33. The molecule has 196 valence electrons. The molecule has 9 heteroatoms. The third kappa shape index (κ3) is 6.06. The van der Waals surface area contributed by atoms with Gasteiger partial charge < -0.3 is 25.0 Å². The summed E-state index contributed by atoms with van der Waals surface area (Å²) in [6.45, 7) is 7.81. The third-order valence-electron chi connectivity index (χ3n) is 7.16. The molecular formula is C27H37FN4O4. The van der Waals surface area contributed by atoms with Crippen molar-refractivity contribution in [1.82, 2.24) is 9.80 Å². The first-order valence-corrected chi connectivity index (χ1v) is 12.9. The molecule has 2 aliphatic heterocycles. The molecule has 0 bridgehead atoms. The lowest BCUT2D eigenvalue weighted by molar-refractivity contribution is -0.139. The van der Waals surface area contributed by atoms with Gasteiger partial charge in [0, 0.05) is 55.9 Å². The number of nitrogens with zero attached hydrogens (tertiary/aromatic N) is 3. The number of rotatable bonds is 5. The molecule has 2 heterocycles. The molecule has 2 N–H and O–H groups in total. The van der Waals surface area contributed by atoms with Crippen molar-refractivity contribution in [2.45, 2.75) is 71.2 Å². The number of hydrogen-bond donors (Lipinski definition) is 1. The number of amides is 2. The SMILES string of the molecule is Cc1c(F)cccc1OC1CCN(C(=O)CN=C2CCCC2=C(N)C(=O)N2C[C@@H](C)O[C@@H](C)C2)CC1. The maximum atomic E-state index is 13.8. The van der Waals surface area contributed by atoms with Gasteiger partial charge in [0.2, 0.25) is 5.91 Å². The van der Waals surface area contributed by atoms with Crippen LogP contribution in [0.1, 0.15) is 51.5 Å². The summed E-state index contributed by atoms with van der Waals surface area (Å²) in [7, 11) is 0. The van der Waals surface area contributed by atoms with Crippen molar-refractivity contribution < 1.29 is 23.5 Å². The first kappa shape index (κ1) is 26.1. The van der Waals surface area contributed by atoms with E-state index in [-0.39, 0.29) is 48.2 Å². The van der Waals surface area contributed by atoms with Crippen LogP contribution in [0.25, 0.3) is 0 Å². The number of allylic oxidation sites excluding steroid dienone is 1. The van der Waals surface area contributed by atoms with Crippen LogP contribution in [-0.4, -0.2) is 78.4 Å². The van der Waals surface area contributed by atoms with Crippen LogP contribution < -0.4 is 10.5 Å². The minimum atomic E-state index is -0.282. The third-order valence-corrected chi connectivity index (χ3v) is 7.16. The number of aliphatic imine (C=N–C) groups is 1. The molecule has 3 aliphatic rings. The number of hydrogen-bond acceptors (Lipinski definition) is 6. The highest BCUT2D eigenvalue weighted by Crippen LogP contribution is 2.26. The number of piperidine rings is 1. The fourth-order valence-corrected chi connectivity index (χ4v) is 5.22. The monoisotopic (exact) mass is 500 g/mol. The zero-order valence-electron chi connectivity index (χ0n) is 21.5. The van der Waals surface area contributed by atoms with Gasteiger partial charge in [-0.15, -0.1) is 0 Å². The van der Waals surface area contributed by atoms with Crippen molar-refractivity contribution in [1.29, 1.82) is 0 Å². The number of halogens is 1. The van der Waals surface area contributed by atoms with Crippen molar-refractivity contribution in [3.63, 3.8) is 0 Å². The molecule has 3 fully saturated rings. The molecule has 0 aromatic heterocycles. The Kier molecular flexibility index (Phi) is 8.28. The summed E-state index contributed by atoms with van der Waals surface area (Å²) in [6, 6.07) is 4.84. The van der Waals surface area contributed by atoms with Crippen molar-refractivity contribution >= 4 is 17.5 Å². The fourth-order valence-electron chi connectivity index (χ4n) is 5.22. The van der Waals surface area contributed by atoms with Crippen molar-refractivity contribution in [2.75, 3.05) is 32.7 Å². The van der Waals surface area contributed by atoms with E-state index in [1.165, 1.54) is 6.07 Å². The highest BCUT2D eigenvalue weighted by molar-refractivity contribution is 6.09. The van der Waals surface area contributed by atoms with Gasteiger partial charge in [-0.25, -0.2) is 4.39 Å². The Morgan fingerprint density at radius 2 is 1.83 bits per heavy atom. The topological polar surface area (TPSA) is 97.5 Å². The van der Waals surface area contributed by atoms with Crippen LogP contribution in [-0.2, 0) is 14.3 Å².